The van der Waals surface area contributed by atoms with Crippen LogP contribution in [0.15, 0.2) is 23.2 Å². The zero-order valence-electron chi connectivity index (χ0n) is 8.03. The molecular weight excluding hydrogens is 289 g/mol. The van der Waals surface area contributed by atoms with E-state index in [4.69, 9.17) is 5.26 Å². The number of benzene rings is 1. The van der Waals surface area contributed by atoms with Gasteiger partial charge in [-0.3, -0.25) is 0 Å². The zero-order valence-corrected chi connectivity index (χ0v) is 10.2. The van der Waals surface area contributed by atoms with Crippen molar-refractivity contribution in [2.75, 3.05) is 14.1 Å². The minimum Gasteiger partial charge on any atom is -0.369 e. The lowest BCUT2D eigenvalue weighted by Gasteiger charge is -2.03. The van der Waals surface area contributed by atoms with Crippen LogP contribution in [0.25, 0.3) is 0 Å². The van der Waals surface area contributed by atoms with Gasteiger partial charge >= 0.3 is 0 Å². The van der Waals surface area contributed by atoms with E-state index in [1.54, 1.807) is 6.34 Å². The maximum absolute atomic E-state index is 8.87. The fourth-order valence-electron chi connectivity index (χ4n) is 0.888. The average molecular weight is 299 g/mol. The van der Waals surface area contributed by atoms with Gasteiger partial charge < -0.3 is 4.90 Å². The first-order valence-corrected chi connectivity index (χ1v) is 5.11. The van der Waals surface area contributed by atoms with Gasteiger partial charge in [-0.2, -0.15) is 5.26 Å². The molecule has 0 atom stereocenters. The van der Waals surface area contributed by atoms with Gasteiger partial charge in [-0.05, 0) is 40.8 Å². The minimum atomic E-state index is 0.606. The van der Waals surface area contributed by atoms with Crippen molar-refractivity contribution in [1.29, 1.82) is 5.26 Å². The Morgan fingerprint density at radius 3 is 2.79 bits per heavy atom. The molecule has 0 fully saturated rings. The van der Waals surface area contributed by atoms with Crippen molar-refractivity contribution in [2.45, 2.75) is 0 Å². The third-order valence-corrected chi connectivity index (χ3v) is 2.18. The fraction of sp³-hybridized carbons (Fsp3) is 0.200. The number of nitriles is 1. The Bertz CT molecular complexity index is 391. The predicted molar refractivity (Wildman–Crippen MR) is 65.7 cm³/mol. The smallest absolute Gasteiger partial charge is 0.101 e. The lowest BCUT2D eigenvalue weighted by atomic mass is 10.2. The second-order valence-electron chi connectivity index (χ2n) is 2.98. The normalized spacial score (nSPS) is 10.1. The average Bonchev–Trinajstić information content (AvgIpc) is 2.15. The van der Waals surface area contributed by atoms with Gasteiger partial charge in [0.25, 0.3) is 0 Å². The molecule has 0 radical (unpaired) electrons. The third kappa shape index (κ3) is 3.00. The molecule has 0 bridgehead atoms. The molecule has 0 saturated heterocycles. The van der Waals surface area contributed by atoms with E-state index in [2.05, 4.69) is 33.7 Å². The molecule has 0 amide bonds. The first-order valence-electron chi connectivity index (χ1n) is 4.04. The van der Waals surface area contributed by atoms with Gasteiger partial charge in [0.15, 0.2) is 0 Å². The van der Waals surface area contributed by atoms with Gasteiger partial charge in [0.2, 0.25) is 0 Å². The number of hydrogen-bond donors (Lipinski definition) is 0. The summed E-state index contributed by atoms with van der Waals surface area (Å²) in [5.41, 5.74) is 1.32. The van der Waals surface area contributed by atoms with Crippen LogP contribution in [0.5, 0.6) is 0 Å². The molecule has 14 heavy (non-hydrogen) atoms. The molecule has 0 heterocycles. The molecule has 3 nitrogen and oxygen atoms in total. The van der Waals surface area contributed by atoms with E-state index in [1.165, 1.54) is 0 Å². The van der Waals surface area contributed by atoms with Gasteiger partial charge in [0.1, 0.15) is 6.07 Å². The van der Waals surface area contributed by atoms with E-state index in [9.17, 15) is 0 Å². The van der Waals surface area contributed by atoms with Gasteiger partial charge in [-0.15, -0.1) is 0 Å². The molecule has 0 aromatic heterocycles. The molecule has 0 saturated carbocycles. The summed E-state index contributed by atoms with van der Waals surface area (Å²) < 4.78 is 1.04. The molecule has 0 aliphatic carbocycles. The molecule has 1 aromatic rings. The number of hydrogen-bond acceptors (Lipinski definition) is 2. The molecule has 0 spiro atoms. The molecule has 1 rings (SSSR count). The Labute approximate surface area is 97.2 Å². The number of aliphatic imine (C=N–C) groups is 1. The first kappa shape index (κ1) is 11.0. The monoisotopic (exact) mass is 299 g/mol. The molecule has 0 aliphatic rings. The standard InChI is InChI=1S/C10H10IN3/c1-14(2)7-13-10-4-3-9(11)5-8(10)6-12/h3-5,7H,1-2H3/b13-7+. The van der Waals surface area contributed by atoms with Gasteiger partial charge in [0, 0.05) is 17.7 Å². The Kier molecular flexibility index (Phi) is 3.89. The van der Waals surface area contributed by atoms with Crippen LogP contribution in [-0.2, 0) is 0 Å². The van der Waals surface area contributed by atoms with Crippen molar-refractivity contribution < 1.29 is 0 Å². The maximum atomic E-state index is 8.87. The Balaban J connectivity index is 3.04. The Morgan fingerprint density at radius 1 is 1.50 bits per heavy atom. The topological polar surface area (TPSA) is 39.4 Å². The van der Waals surface area contributed by atoms with Crippen LogP contribution in [0.2, 0.25) is 0 Å². The third-order valence-electron chi connectivity index (χ3n) is 1.51. The van der Waals surface area contributed by atoms with E-state index in [1.807, 2.05) is 37.2 Å². The summed E-state index contributed by atoms with van der Waals surface area (Å²) in [6, 6.07) is 7.73. The van der Waals surface area contributed by atoms with Crippen LogP contribution in [0, 0.1) is 14.9 Å². The molecule has 0 aliphatic heterocycles. The minimum absolute atomic E-state index is 0.606. The highest BCUT2D eigenvalue weighted by Crippen LogP contribution is 2.20. The fourth-order valence-corrected chi connectivity index (χ4v) is 1.38. The first-order chi connectivity index (χ1) is 6.63. The molecule has 72 valence electrons. The van der Waals surface area contributed by atoms with Gasteiger partial charge in [-0.1, -0.05) is 0 Å². The Morgan fingerprint density at radius 2 is 2.21 bits per heavy atom. The lowest BCUT2D eigenvalue weighted by molar-refractivity contribution is 0.643. The maximum Gasteiger partial charge on any atom is 0.101 e. The van der Waals surface area contributed by atoms with Crippen LogP contribution in [-0.4, -0.2) is 25.3 Å². The van der Waals surface area contributed by atoms with Crippen LogP contribution >= 0.6 is 22.6 Å². The van der Waals surface area contributed by atoms with Crippen LogP contribution < -0.4 is 0 Å². The molecule has 0 unspecified atom stereocenters. The van der Waals surface area contributed by atoms with Crippen LogP contribution in [0.1, 0.15) is 5.56 Å². The molecule has 4 heteroatoms. The summed E-state index contributed by atoms with van der Waals surface area (Å²) in [7, 11) is 3.78. The van der Waals surface area contributed by atoms with Crippen LogP contribution in [0.4, 0.5) is 5.69 Å². The van der Waals surface area contributed by atoms with Gasteiger partial charge in [0.05, 0.1) is 17.6 Å². The highest BCUT2D eigenvalue weighted by Gasteiger charge is 1.99. The second kappa shape index (κ2) is 4.96. The van der Waals surface area contributed by atoms with Crippen molar-refractivity contribution in [3.05, 3.63) is 27.3 Å². The summed E-state index contributed by atoms with van der Waals surface area (Å²) in [5, 5.41) is 8.87. The predicted octanol–water partition coefficient (Wildman–Crippen LogP) is 2.38. The lowest BCUT2D eigenvalue weighted by Crippen LogP contribution is -2.07. The van der Waals surface area contributed by atoms with Crippen molar-refractivity contribution in [1.82, 2.24) is 4.90 Å². The van der Waals surface area contributed by atoms with Crippen molar-refractivity contribution in [3.63, 3.8) is 0 Å². The largest absolute Gasteiger partial charge is 0.369 e. The van der Waals surface area contributed by atoms with E-state index in [0.29, 0.717) is 11.3 Å². The summed E-state index contributed by atoms with van der Waals surface area (Å²) in [6.07, 6.45) is 1.68. The Hall–Kier alpha value is -1.09. The summed E-state index contributed by atoms with van der Waals surface area (Å²) >= 11 is 2.17. The molecule has 1 aromatic carbocycles. The van der Waals surface area contributed by atoms with E-state index in [-0.39, 0.29) is 0 Å². The summed E-state index contributed by atoms with van der Waals surface area (Å²) in [5.74, 6) is 0. The van der Waals surface area contributed by atoms with E-state index < -0.39 is 0 Å². The van der Waals surface area contributed by atoms with E-state index in [0.717, 1.165) is 3.57 Å². The van der Waals surface area contributed by atoms with Crippen molar-refractivity contribution in [2.24, 2.45) is 4.99 Å². The van der Waals surface area contributed by atoms with Gasteiger partial charge in [-0.25, -0.2) is 4.99 Å². The SMILES string of the molecule is CN(C)/C=N/c1ccc(I)cc1C#N. The number of rotatable bonds is 2. The highest BCUT2D eigenvalue weighted by atomic mass is 127. The quantitative estimate of drug-likeness (QED) is 0.478. The summed E-state index contributed by atoms with van der Waals surface area (Å²) in [6.45, 7) is 0. The highest BCUT2D eigenvalue weighted by molar-refractivity contribution is 14.1. The number of halogens is 1. The van der Waals surface area contributed by atoms with E-state index >= 15 is 0 Å². The van der Waals surface area contributed by atoms with Crippen LogP contribution in [0.3, 0.4) is 0 Å². The number of nitrogens with zero attached hydrogens (tertiary/aromatic N) is 3. The van der Waals surface area contributed by atoms with Crippen molar-refractivity contribution >= 4 is 34.6 Å². The van der Waals surface area contributed by atoms with Crippen molar-refractivity contribution in [3.8, 4) is 6.07 Å². The second-order valence-corrected chi connectivity index (χ2v) is 4.23. The molecular formula is C10H10IN3. The molecule has 0 N–H and O–H groups in total. The summed E-state index contributed by atoms with van der Waals surface area (Å²) in [4.78, 5) is 6.03. The zero-order chi connectivity index (χ0) is 10.6.